The maximum Gasteiger partial charge on any atom is -0.0178 e. The molecule has 60 heavy (non-hydrogen) atoms. The van der Waals surface area contributed by atoms with Crippen molar-refractivity contribution in [1.82, 2.24) is 0 Å². The van der Waals surface area contributed by atoms with Crippen LogP contribution in [0.1, 0.15) is 0 Å². The van der Waals surface area contributed by atoms with Crippen molar-refractivity contribution in [3.63, 3.8) is 0 Å². The van der Waals surface area contributed by atoms with E-state index in [-0.39, 0.29) is 0 Å². The lowest BCUT2D eigenvalue weighted by Crippen LogP contribution is -1.86. The van der Waals surface area contributed by atoms with Crippen molar-refractivity contribution >= 4 is 0 Å². The van der Waals surface area contributed by atoms with E-state index in [0.717, 1.165) is 0 Å². The summed E-state index contributed by atoms with van der Waals surface area (Å²) in [5.74, 6) is 0. The minimum absolute atomic E-state index is 1.20. The van der Waals surface area contributed by atoms with Gasteiger partial charge in [-0.15, -0.1) is 0 Å². The minimum Gasteiger partial charge on any atom is -0.0622 e. The molecule has 10 rings (SSSR count). The Morgan fingerprint density at radius 2 is 0.217 bits per heavy atom. The van der Waals surface area contributed by atoms with Crippen LogP contribution in [0.2, 0.25) is 0 Å². The highest BCUT2D eigenvalue weighted by Gasteiger charge is 2.10. The van der Waals surface area contributed by atoms with Crippen LogP contribution in [0, 0.1) is 0 Å². The molecule has 0 aliphatic rings. The van der Waals surface area contributed by atoms with Crippen LogP contribution in [-0.4, -0.2) is 0 Å². The Morgan fingerprint density at radius 3 is 0.367 bits per heavy atom. The normalized spacial score (nSPS) is 11.0. The van der Waals surface area contributed by atoms with Gasteiger partial charge >= 0.3 is 0 Å². The molecule has 0 heterocycles. The van der Waals surface area contributed by atoms with Gasteiger partial charge in [0.15, 0.2) is 0 Å². The van der Waals surface area contributed by atoms with E-state index >= 15 is 0 Å². The smallest absolute Gasteiger partial charge is 0.0178 e. The Labute approximate surface area is 353 Å². The van der Waals surface area contributed by atoms with Gasteiger partial charge < -0.3 is 0 Å². The zero-order valence-corrected chi connectivity index (χ0v) is 33.2. The molecule has 0 saturated carbocycles. The van der Waals surface area contributed by atoms with Crippen LogP contribution in [-0.2, 0) is 0 Å². The van der Waals surface area contributed by atoms with E-state index in [0.29, 0.717) is 0 Å². The summed E-state index contributed by atoms with van der Waals surface area (Å²) in [4.78, 5) is 0. The predicted molar refractivity (Wildman–Crippen MR) is 255 cm³/mol. The van der Waals surface area contributed by atoms with Gasteiger partial charge in [-0.25, -0.2) is 0 Å². The van der Waals surface area contributed by atoms with E-state index in [1.807, 2.05) is 0 Å². The SMILES string of the molecule is c1ccc(-c2cccc(-c3cccc(-c4cccc(-c5cccc(-c6cccc(-c7cccc(-c8cccc(-c9cccc(-c%10ccccc%10)c9)c8)c7)c6)c5)c4)c3)c2)cc1. The van der Waals surface area contributed by atoms with Crippen molar-refractivity contribution in [2.24, 2.45) is 0 Å². The maximum atomic E-state index is 2.32. The third-order valence-corrected chi connectivity index (χ3v) is 11.4. The zero-order chi connectivity index (χ0) is 40.1. The standard InChI is InChI=1S/C60H42/c1-3-15-43(16-4-1)45-19-7-21-47(35-45)49-23-9-25-51(37-49)53-27-11-29-55(39-53)57-31-13-33-59(41-57)60-34-14-32-58(42-60)56-30-12-28-54(40-56)52-26-10-24-50(38-52)48-22-8-20-46(36-48)44-17-5-2-6-18-44/h1-42H. The Bertz CT molecular complexity index is 2870. The fraction of sp³-hybridized carbons (Fsp3) is 0. The molecule has 10 aromatic rings. The molecule has 0 bridgehead atoms. The minimum atomic E-state index is 1.20. The molecule has 0 aliphatic carbocycles. The Morgan fingerprint density at radius 1 is 0.100 bits per heavy atom. The Kier molecular flexibility index (Phi) is 10.1. The van der Waals surface area contributed by atoms with E-state index in [2.05, 4.69) is 255 Å². The van der Waals surface area contributed by atoms with Gasteiger partial charge in [0.05, 0.1) is 0 Å². The van der Waals surface area contributed by atoms with Gasteiger partial charge in [0, 0.05) is 0 Å². The van der Waals surface area contributed by atoms with Crippen molar-refractivity contribution in [3.8, 4) is 100 Å². The van der Waals surface area contributed by atoms with Crippen LogP contribution in [0.5, 0.6) is 0 Å². The molecule has 0 aliphatic heterocycles. The van der Waals surface area contributed by atoms with Gasteiger partial charge in [-0.1, -0.05) is 206 Å². The molecule has 10 aromatic carbocycles. The summed E-state index contributed by atoms with van der Waals surface area (Å²) < 4.78 is 0. The maximum absolute atomic E-state index is 2.32. The molecule has 0 nitrogen and oxygen atoms in total. The van der Waals surface area contributed by atoms with Crippen molar-refractivity contribution in [2.75, 3.05) is 0 Å². The topological polar surface area (TPSA) is 0 Å². The third-order valence-electron chi connectivity index (χ3n) is 11.4. The number of benzene rings is 10. The molecular formula is C60H42. The Balaban J connectivity index is 0.903. The number of hydrogen-bond donors (Lipinski definition) is 0. The largest absolute Gasteiger partial charge is 0.0622 e. The third kappa shape index (κ3) is 7.88. The zero-order valence-electron chi connectivity index (χ0n) is 33.2. The summed E-state index contributed by atoms with van der Waals surface area (Å²) in [6, 6.07) is 92.3. The van der Waals surface area contributed by atoms with E-state index in [4.69, 9.17) is 0 Å². The Hall–Kier alpha value is -7.80. The first-order valence-electron chi connectivity index (χ1n) is 20.6. The number of hydrogen-bond acceptors (Lipinski definition) is 0. The van der Waals surface area contributed by atoms with E-state index < -0.39 is 0 Å². The monoisotopic (exact) mass is 762 g/mol. The summed E-state index contributed by atoms with van der Waals surface area (Å²) in [7, 11) is 0. The van der Waals surface area contributed by atoms with Crippen LogP contribution >= 0.6 is 0 Å². The quantitative estimate of drug-likeness (QED) is 0.137. The molecule has 0 spiro atoms. The van der Waals surface area contributed by atoms with Crippen LogP contribution in [0.25, 0.3) is 100 Å². The molecule has 0 unspecified atom stereocenters. The number of rotatable bonds is 9. The molecule has 0 radical (unpaired) electrons. The molecule has 0 amide bonds. The lowest BCUT2D eigenvalue weighted by Gasteiger charge is -2.12. The molecule has 0 aromatic heterocycles. The molecule has 0 fully saturated rings. The van der Waals surface area contributed by atoms with Gasteiger partial charge in [0.25, 0.3) is 0 Å². The van der Waals surface area contributed by atoms with Crippen LogP contribution in [0.15, 0.2) is 255 Å². The first-order chi connectivity index (χ1) is 29.7. The average Bonchev–Trinajstić information content (AvgIpc) is 3.35. The van der Waals surface area contributed by atoms with Crippen molar-refractivity contribution in [1.29, 1.82) is 0 Å². The predicted octanol–water partition coefficient (Wildman–Crippen LogP) is 16.7. The first-order valence-corrected chi connectivity index (χ1v) is 20.6. The second-order valence-corrected chi connectivity index (χ2v) is 15.4. The van der Waals surface area contributed by atoms with Crippen molar-refractivity contribution in [3.05, 3.63) is 255 Å². The second kappa shape index (κ2) is 16.6. The highest BCUT2D eigenvalue weighted by molar-refractivity contribution is 5.83. The summed E-state index contributed by atoms with van der Waals surface area (Å²) in [6.45, 7) is 0. The van der Waals surface area contributed by atoms with E-state index in [1.54, 1.807) is 0 Å². The van der Waals surface area contributed by atoms with Gasteiger partial charge in [0.1, 0.15) is 0 Å². The lowest BCUT2D eigenvalue weighted by molar-refractivity contribution is 1.55. The molecule has 0 N–H and O–H groups in total. The summed E-state index contributed by atoms with van der Waals surface area (Å²) >= 11 is 0. The van der Waals surface area contributed by atoms with E-state index in [1.165, 1.54) is 100 Å². The van der Waals surface area contributed by atoms with Crippen molar-refractivity contribution in [2.45, 2.75) is 0 Å². The van der Waals surface area contributed by atoms with Gasteiger partial charge in [0.2, 0.25) is 0 Å². The average molecular weight is 763 g/mol. The van der Waals surface area contributed by atoms with E-state index in [9.17, 15) is 0 Å². The summed E-state index contributed by atoms with van der Waals surface area (Å²) in [5.41, 5.74) is 21.7. The molecule has 0 saturated heterocycles. The van der Waals surface area contributed by atoms with Gasteiger partial charge in [-0.2, -0.15) is 0 Å². The van der Waals surface area contributed by atoms with Gasteiger partial charge in [-0.3, -0.25) is 0 Å². The molecule has 282 valence electrons. The highest BCUT2D eigenvalue weighted by Crippen LogP contribution is 2.36. The van der Waals surface area contributed by atoms with Crippen LogP contribution < -0.4 is 0 Å². The highest BCUT2D eigenvalue weighted by atomic mass is 14.1. The molecule has 0 heteroatoms. The van der Waals surface area contributed by atoms with Crippen LogP contribution in [0.4, 0.5) is 0 Å². The van der Waals surface area contributed by atoms with Crippen molar-refractivity contribution < 1.29 is 0 Å². The fourth-order valence-corrected chi connectivity index (χ4v) is 8.29. The summed E-state index contributed by atoms with van der Waals surface area (Å²) in [6.07, 6.45) is 0. The fourth-order valence-electron chi connectivity index (χ4n) is 8.29. The van der Waals surface area contributed by atoms with Gasteiger partial charge in [-0.05, 0) is 149 Å². The lowest BCUT2D eigenvalue weighted by atomic mass is 9.93. The first kappa shape index (κ1) is 36.5. The summed E-state index contributed by atoms with van der Waals surface area (Å²) in [5, 5.41) is 0. The molecule has 0 atom stereocenters. The molecular weight excluding hydrogens is 721 g/mol. The second-order valence-electron chi connectivity index (χ2n) is 15.4. The van der Waals surface area contributed by atoms with Crippen LogP contribution in [0.3, 0.4) is 0 Å².